The van der Waals surface area contributed by atoms with Crippen molar-refractivity contribution < 1.29 is 10.2 Å². The van der Waals surface area contributed by atoms with Crippen molar-refractivity contribution in [2.24, 2.45) is 0 Å². The molecule has 0 aliphatic carbocycles. The van der Waals surface area contributed by atoms with E-state index in [9.17, 15) is 0 Å². The van der Waals surface area contributed by atoms with Crippen LogP contribution in [0.15, 0.2) is 38.0 Å². The lowest BCUT2D eigenvalue weighted by molar-refractivity contribution is 0.0923. The first-order chi connectivity index (χ1) is 7.05. The fourth-order valence-electron chi connectivity index (χ4n) is 0.129. The number of allylic oxidation sites excluding steroid dienone is 3. The average Bonchev–Trinajstić information content (AvgIpc) is 2.20. The second-order valence-electron chi connectivity index (χ2n) is 2.47. The lowest BCUT2D eigenvalue weighted by atomic mass is 10.3. The summed E-state index contributed by atoms with van der Waals surface area (Å²) in [5.41, 5.74) is 0. The number of rotatable bonds is 2. The van der Waals surface area contributed by atoms with Crippen molar-refractivity contribution in [1.82, 2.24) is 0 Å². The minimum Gasteiger partial charge on any atom is -0.394 e. The molecule has 0 aromatic rings. The van der Waals surface area contributed by atoms with E-state index in [1.54, 1.807) is 18.2 Å². The van der Waals surface area contributed by atoms with Crippen LogP contribution < -0.4 is 0 Å². The third kappa shape index (κ3) is 165. The highest BCUT2D eigenvalue weighted by Crippen LogP contribution is 1.83. The molecule has 1 unspecified atom stereocenters. The molecule has 2 N–H and O–H groups in total. The minimum absolute atomic E-state index is 0.115. The Morgan fingerprint density at radius 1 is 1.00 bits per heavy atom. The predicted octanol–water partition coefficient (Wildman–Crippen LogP) is 3.33. The zero-order valence-electron chi connectivity index (χ0n) is 10.7. The largest absolute Gasteiger partial charge is 0.394 e. The first kappa shape index (κ1) is 23.7. The average molecular weight is 216 g/mol. The quantitative estimate of drug-likeness (QED) is 0.695. The van der Waals surface area contributed by atoms with Crippen molar-refractivity contribution in [2.45, 2.75) is 40.2 Å². The minimum atomic E-state index is -0.509. The van der Waals surface area contributed by atoms with Crippen LogP contribution in [0.1, 0.15) is 34.1 Å². The van der Waals surface area contributed by atoms with Crippen molar-refractivity contribution >= 4 is 0 Å². The fourth-order valence-corrected chi connectivity index (χ4v) is 0.129. The molecule has 0 aromatic heterocycles. The molecule has 0 rings (SSSR count). The second kappa shape index (κ2) is 38.0. The van der Waals surface area contributed by atoms with Gasteiger partial charge in [-0.3, -0.25) is 0 Å². The molecule has 0 aromatic carbocycles. The van der Waals surface area contributed by atoms with Gasteiger partial charge in [-0.15, -0.1) is 19.7 Å². The van der Waals surface area contributed by atoms with Crippen LogP contribution in [0.25, 0.3) is 0 Å². The van der Waals surface area contributed by atoms with E-state index in [0.29, 0.717) is 6.42 Å². The first-order valence-corrected chi connectivity index (χ1v) is 5.05. The van der Waals surface area contributed by atoms with Gasteiger partial charge in [0.2, 0.25) is 0 Å². The summed E-state index contributed by atoms with van der Waals surface area (Å²) in [6, 6.07) is 0. The second-order valence-corrected chi connectivity index (χ2v) is 2.47. The van der Waals surface area contributed by atoms with Crippen molar-refractivity contribution in [3.63, 3.8) is 0 Å². The van der Waals surface area contributed by atoms with E-state index in [4.69, 9.17) is 10.2 Å². The highest BCUT2D eigenvalue weighted by Gasteiger charge is 1.92. The molecule has 0 heterocycles. The summed E-state index contributed by atoms with van der Waals surface area (Å²) in [5.74, 6) is 0. The molecule has 92 valence electrons. The van der Waals surface area contributed by atoms with Gasteiger partial charge in [-0.2, -0.15) is 0 Å². The van der Waals surface area contributed by atoms with Crippen LogP contribution in [0.5, 0.6) is 0 Å². The molecule has 0 radical (unpaired) electrons. The Morgan fingerprint density at radius 2 is 1.20 bits per heavy atom. The van der Waals surface area contributed by atoms with Crippen LogP contribution in [0.2, 0.25) is 0 Å². The molecular weight excluding hydrogens is 188 g/mol. The van der Waals surface area contributed by atoms with Crippen LogP contribution in [0.4, 0.5) is 0 Å². The molecule has 0 aliphatic heterocycles. The molecule has 0 saturated carbocycles. The van der Waals surface area contributed by atoms with E-state index in [1.807, 2.05) is 27.7 Å². The Balaban J connectivity index is -0.0000000581. The summed E-state index contributed by atoms with van der Waals surface area (Å²) in [6.45, 7) is 17.5. The summed E-state index contributed by atoms with van der Waals surface area (Å²) in [6.07, 6.45) is 5.38. The zero-order chi connectivity index (χ0) is 13.1. The van der Waals surface area contributed by atoms with E-state index >= 15 is 0 Å². The Hall–Kier alpha value is -0.860. The molecule has 0 amide bonds. The Morgan fingerprint density at radius 3 is 1.20 bits per heavy atom. The van der Waals surface area contributed by atoms with Gasteiger partial charge in [-0.25, -0.2) is 0 Å². The Labute approximate surface area is 95.7 Å². The molecular formula is C13H28O2. The van der Waals surface area contributed by atoms with E-state index in [0.717, 1.165) is 0 Å². The van der Waals surface area contributed by atoms with Crippen LogP contribution in [-0.4, -0.2) is 22.9 Å². The summed E-state index contributed by atoms with van der Waals surface area (Å²) in [5, 5.41) is 16.5. The first-order valence-electron chi connectivity index (χ1n) is 5.05. The summed E-state index contributed by atoms with van der Waals surface area (Å²) in [4.78, 5) is 0. The molecule has 15 heavy (non-hydrogen) atoms. The smallest absolute Gasteiger partial charge is 0.0768 e. The van der Waals surface area contributed by atoms with Crippen LogP contribution in [-0.2, 0) is 0 Å². The highest BCUT2D eigenvalue weighted by atomic mass is 16.3. The maximum absolute atomic E-state index is 8.42. The van der Waals surface area contributed by atoms with Gasteiger partial charge in [-0.1, -0.05) is 25.2 Å². The lowest BCUT2D eigenvalue weighted by Gasteiger charge is -1.97. The molecule has 0 saturated heterocycles. The van der Waals surface area contributed by atoms with Gasteiger partial charge in [0.15, 0.2) is 0 Å². The standard InChI is InChI=1S/C4H10O2.3C3H6/c1-2-4(6)3-5;3*1-3-2/h4-6H,2-3H2,1H3;3*3H,1H2,2H3. The van der Waals surface area contributed by atoms with Crippen LogP contribution in [0, 0.1) is 0 Å². The van der Waals surface area contributed by atoms with Gasteiger partial charge in [0, 0.05) is 0 Å². The molecule has 2 heteroatoms. The number of aliphatic hydroxyl groups excluding tert-OH is 2. The van der Waals surface area contributed by atoms with Crippen molar-refractivity contribution in [2.75, 3.05) is 6.61 Å². The number of hydrogen-bond donors (Lipinski definition) is 2. The van der Waals surface area contributed by atoms with E-state index in [1.165, 1.54) is 0 Å². The summed E-state index contributed by atoms with van der Waals surface area (Å²) < 4.78 is 0. The summed E-state index contributed by atoms with van der Waals surface area (Å²) in [7, 11) is 0. The normalized spacial score (nSPS) is 8.40. The Kier molecular flexibility index (Phi) is 60.1. The maximum Gasteiger partial charge on any atom is 0.0768 e. The molecule has 2 nitrogen and oxygen atoms in total. The van der Waals surface area contributed by atoms with Gasteiger partial charge in [0.25, 0.3) is 0 Å². The van der Waals surface area contributed by atoms with Gasteiger partial charge in [0.1, 0.15) is 0 Å². The predicted molar refractivity (Wildman–Crippen MR) is 71.0 cm³/mol. The molecule has 0 bridgehead atoms. The van der Waals surface area contributed by atoms with Crippen molar-refractivity contribution in [3.05, 3.63) is 38.0 Å². The third-order valence-corrected chi connectivity index (χ3v) is 0.682. The number of aliphatic hydroxyl groups is 2. The highest BCUT2D eigenvalue weighted by molar-refractivity contribution is 4.52. The van der Waals surface area contributed by atoms with Crippen molar-refractivity contribution in [3.8, 4) is 0 Å². The molecule has 0 spiro atoms. The Bertz CT molecular complexity index is 90.8. The summed E-state index contributed by atoms with van der Waals surface area (Å²) >= 11 is 0. The van der Waals surface area contributed by atoms with Crippen molar-refractivity contribution in [1.29, 1.82) is 0 Å². The van der Waals surface area contributed by atoms with Gasteiger partial charge in [0.05, 0.1) is 12.7 Å². The molecule has 0 fully saturated rings. The van der Waals surface area contributed by atoms with Crippen LogP contribution in [0.3, 0.4) is 0 Å². The molecule has 0 aliphatic rings. The monoisotopic (exact) mass is 216 g/mol. The fraction of sp³-hybridized carbons (Fsp3) is 0.538. The van der Waals surface area contributed by atoms with Gasteiger partial charge < -0.3 is 10.2 Å². The number of hydrogen-bond acceptors (Lipinski definition) is 2. The van der Waals surface area contributed by atoms with Crippen LogP contribution >= 0.6 is 0 Å². The van der Waals surface area contributed by atoms with Gasteiger partial charge >= 0.3 is 0 Å². The maximum atomic E-state index is 8.42. The topological polar surface area (TPSA) is 40.5 Å². The van der Waals surface area contributed by atoms with Gasteiger partial charge in [-0.05, 0) is 27.2 Å². The van der Waals surface area contributed by atoms with E-state index < -0.39 is 6.10 Å². The lowest BCUT2D eigenvalue weighted by Crippen LogP contribution is -2.08. The molecule has 1 atom stereocenters. The zero-order valence-corrected chi connectivity index (χ0v) is 10.7. The SMILES string of the molecule is C=CC.C=CC.C=CC.CCC(O)CO. The third-order valence-electron chi connectivity index (χ3n) is 0.682. The van der Waals surface area contributed by atoms with E-state index in [2.05, 4.69) is 19.7 Å². The van der Waals surface area contributed by atoms with E-state index in [-0.39, 0.29) is 6.61 Å².